The summed E-state index contributed by atoms with van der Waals surface area (Å²) in [6, 6.07) is -18.3. The molecule has 0 aliphatic carbocycles. The average molecular weight is 493 g/mol. The molecule has 1 heteroatoms. The Morgan fingerprint density at radius 1 is 0.405 bits per heavy atom. The lowest BCUT2D eigenvalue weighted by Crippen LogP contribution is -1.91. The molecule has 0 spiro atoms. The largest absolute Gasteiger partial charge is 0.456 e. The zero-order valence-electron chi connectivity index (χ0n) is 40.4. The van der Waals surface area contributed by atoms with Gasteiger partial charge in [0.15, 0.2) is 0 Å². The van der Waals surface area contributed by atoms with Crippen molar-refractivity contribution in [3.63, 3.8) is 0 Å². The molecule has 8 aromatic rings. The molecule has 0 saturated carbocycles. The molecule has 37 heavy (non-hydrogen) atoms. The van der Waals surface area contributed by atoms with E-state index >= 15 is 0 Å². The Bertz CT molecular complexity index is 3260. The lowest BCUT2D eigenvalue weighted by molar-refractivity contribution is 0.669. The Morgan fingerprint density at radius 3 is 1.68 bits per heavy atom. The van der Waals surface area contributed by atoms with Gasteiger partial charge in [-0.05, 0) is 72.7 Å². The van der Waals surface area contributed by atoms with E-state index in [1.807, 2.05) is 0 Å². The second kappa shape index (κ2) is 7.81. The molecule has 1 nitrogen and oxygen atoms in total. The van der Waals surface area contributed by atoms with Gasteiger partial charge >= 0.3 is 0 Å². The van der Waals surface area contributed by atoms with Crippen molar-refractivity contribution in [2.24, 2.45) is 0 Å². The molecule has 1 aromatic heterocycles. The van der Waals surface area contributed by atoms with Crippen LogP contribution in [-0.4, -0.2) is 0 Å². The minimum absolute atomic E-state index is 0.332. The fourth-order valence-electron chi connectivity index (χ4n) is 4.55. The Labute approximate surface area is 245 Å². The summed E-state index contributed by atoms with van der Waals surface area (Å²) >= 11 is 0. The van der Waals surface area contributed by atoms with Gasteiger partial charge in [0.05, 0.1) is 30.2 Å². The molecule has 0 atom stereocenters. The van der Waals surface area contributed by atoms with Gasteiger partial charge in [-0.15, -0.1) is 0 Å². The summed E-state index contributed by atoms with van der Waals surface area (Å²) in [6.07, 6.45) is 0. The minimum Gasteiger partial charge on any atom is -0.456 e. The summed E-state index contributed by atoms with van der Waals surface area (Å²) in [6.45, 7) is 0. The van der Waals surface area contributed by atoms with Crippen molar-refractivity contribution in [3.8, 4) is 22.3 Å². The molecule has 0 aliphatic heterocycles. The summed E-state index contributed by atoms with van der Waals surface area (Å²) in [4.78, 5) is 0. The van der Waals surface area contributed by atoms with Crippen molar-refractivity contribution in [3.05, 3.63) is 133 Å². The van der Waals surface area contributed by atoms with Crippen LogP contribution >= 0.6 is 0 Å². The summed E-state index contributed by atoms with van der Waals surface area (Å²) in [7, 11) is 0. The molecule has 0 aliphatic rings. The summed E-state index contributed by atoms with van der Waals surface area (Å²) in [5.41, 5.74) is -3.56. The molecule has 172 valence electrons. The molecule has 7 aromatic carbocycles. The molecular weight excluding hydrogens is 448 g/mol. The molecule has 0 unspecified atom stereocenters. The van der Waals surface area contributed by atoms with Gasteiger partial charge in [0.25, 0.3) is 0 Å². The van der Waals surface area contributed by atoms with Crippen LogP contribution in [0, 0.1) is 0 Å². The fraction of sp³-hybridized carbons (Fsp3) is 0. The van der Waals surface area contributed by atoms with Crippen LogP contribution in [-0.2, 0) is 0 Å². The van der Waals surface area contributed by atoms with E-state index < -0.39 is 199 Å². The highest BCUT2D eigenvalue weighted by Gasteiger charge is 2.18. The molecule has 0 saturated heterocycles. The highest BCUT2D eigenvalue weighted by molar-refractivity contribution is 6.24. The molecule has 0 radical (unpaired) electrons. The van der Waals surface area contributed by atoms with Crippen molar-refractivity contribution in [1.29, 1.82) is 0 Å². The highest BCUT2D eigenvalue weighted by atomic mass is 16.3. The normalized spacial score (nSPS) is 20.1. The minimum atomic E-state index is -0.912. The zero-order valence-corrected chi connectivity index (χ0v) is 18.4. The first-order valence-electron chi connectivity index (χ1n) is 21.9. The average Bonchev–Trinajstić information content (AvgIpc) is 3.62. The fourth-order valence-corrected chi connectivity index (χ4v) is 4.55. The maximum atomic E-state index is 9.44. The first-order chi connectivity index (χ1) is 27.5. The van der Waals surface area contributed by atoms with Crippen LogP contribution in [0.3, 0.4) is 0 Å². The van der Waals surface area contributed by atoms with Gasteiger partial charge in [-0.3, -0.25) is 0 Å². The number of para-hydroxylation sites is 1. The standard InChI is InChI=1S/C36H22O/c1-2-12-25-23(10-1)11-9-18-28(25)36-31-16-5-3-14-29(31)35(30-15-4-6-17-32(30)36)24-20-21-27-26-13-7-8-19-33(26)37-34(27)22-24/h1-22H/i1D,2D,3D,4D,5D,6D,7D,8D,9D,10D,11D,12D,13D,14D,15D,16D,17D,18D,19D,20D,21D,22D. The smallest absolute Gasteiger partial charge is 0.136 e. The van der Waals surface area contributed by atoms with E-state index in [0.29, 0.717) is 0 Å². The van der Waals surface area contributed by atoms with Gasteiger partial charge < -0.3 is 4.42 Å². The maximum Gasteiger partial charge on any atom is 0.136 e. The highest BCUT2D eigenvalue weighted by Crippen LogP contribution is 2.45. The van der Waals surface area contributed by atoms with Crippen LogP contribution < -0.4 is 0 Å². The van der Waals surface area contributed by atoms with Crippen molar-refractivity contribution in [2.45, 2.75) is 0 Å². The predicted molar refractivity (Wildman–Crippen MR) is 157 cm³/mol. The van der Waals surface area contributed by atoms with Crippen LogP contribution in [0.15, 0.2) is 137 Å². The van der Waals surface area contributed by atoms with E-state index in [9.17, 15) is 8.22 Å². The topological polar surface area (TPSA) is 13.1 Å². The lowest BCUT2D eigenvalue weighted by atomic mass is 9.84. The molecule has 0 bridgehead atoms. The molecule has 0 N–H and O–H groups in total. The van der Waals surface area contributed by atoms with Crippen molar-refractivity contribution in [1.82, 2.24) is 0 Å². The first kappa shape index (κ1) is 8.33. The Morgan fingerprint density at radius 2 is 0.946 bits per heavy atom. The van der Waals surface area contributed by atoms with Crippen LogP contribution in [0.5, 0.6) is 0 Å². The van der Waals surface area contributed by atoms with Crippen LogP contribution in [0.25, 0.3) is 76.5 Å². The number of hydrogen-bond donors (Lipinski definition) is 0. The van der Waals surface area contributed by atoms with Crippen LogP contribution in [0.4, 0.5) is 0 Å². The third-order valence-corrected chi connectivity index (χ3v) is 6.07. The SMILES string of the molecule is [2H]c1c([2H])c([2H])c2c(oc3c([2H])c(-c4c5c([2H])c([2H])c([2H])c([2H])c5c(-c5c([2H])c([2H])c([2H])c6c([2H])c([2H])c([2H])c([2H])c56)c5c([2H])c([2H])c([2H])c([2H])c45)c([2H])c([2H])c32)c1[2H]. The number of benzene rings is 7. The van der Waals surface area contributed by atoms with E-state index in [0.717, 1.165) is 0 Å². The summed E-state index contributed by atoms with van der Waals surface area (Å²) in [5.74, 6) is 0. The van der Waals surface area contributed by atoms with Gasteiger partial charge in [-0.1, -0.05) is 115 Å². The second-order valence-electron chi connectivity index (χ2n) is 8.01. The third-order valence-electron chi connectivity index (χ3n) is 6.07. The van der Waals surface area contributed by atoms with E-state index in [2.05, 4.69) is 0 Å². The monoisotopic (exact) mass is 492 g/mol. The third kappa shape index (κ3) is 2.98. The first-order valence-corrected chi connectivity index (χ1v) is 10.9. The lowest BCUT2D eigenvalue weighted by Gasteiger charge is -2.18. The molecule has 0 fully saturated rings. The zero-order chi connectivity index (χ0) is 43.5. The van der Waals surface area contributed by atoms with Gasteiger partial charge in [-0.2, -0.15) is 0 Å². The molecule has 8 rings (SSSR count). The summed E-state index contributed by atoms with van der Waals surface area (Å²) in [5, 5.41) is -4.35. The predicted octanol–water partition coefficient (Wildman–Crippen LogP) is 10.4. The van der Waals surface area contributed by atoms with Crippen molar-refractivity contribution < 1.29 is 34.6 Å². The van der Waals surface area contributed by atoms with Crippen LogP contribution in [0.2, 0.25) is 0 Å². The van der Waals surface area contributed by atoms with Crippen molar-refractivity contribution in [2.75, 3.05) is 0 Å². The van der Waals surface area contributed by atoms with E-state index in [4.69, 9.17) is 26.3 Å². The number of fused-ring (bicyclic) bond motifs is 6. The van der Waals surface area contributed by atoms with Gasteiger partial charge in [0.2, 0.25) is 0 Å². The van der Waals surface area contributed by atoms with E-state index in [-0.39, 0.29) is 10.8 Å². The number of furan rings is 1. The van der Waals surface area contributed by atoms with Crippen molar-refractivity contribution >= 4 is 54.3 Å². The second-order valence-corrected chi connectivity index (χ2v) is 8.01. The molecule has 0 amide bonds. The van der Waals surface area contributed by atoms with Crippen LogP contribution in [0.1, 0.15) is 30.2 Å². The Balaban J connectivity index is 1.77. The maximum absolute atomic E-state index is 9.44. The van der Waals surface area contributed by atoms with E-state index in [1.54, 1.807) is 0 Å². The Kier molecular flexibility index (Phi) is 1.76. The molecular formula is C36H22O. The number of rotatable bonds is 2. The van der Waals surface area contributed by atoms with Gasteiger partial charge in [0, 0.05) is 10.8 Å². The van der Waals surface area contributed by atoms with Gasteiger partial charge in [-0.25, -0.2) is 0 Å². The Hall–Kier alpha value is -4.88. The summed E-state index contributed by atoms with van der Waals surface area (Å²) < 4.78 is 200. The van der Waals surface area contributed by atoms with E-state index in [1.165, 1.54) is 0 Å². The quantitative estimate of drug-likeness (QED) is 0.219. The van der Waals surface area contributed by atoms with Gasteiger partial charge in [0.1, 0.15) is 11.2 Å². The number of hydrogen-bond acceptors (Lipinski definition) is 1. The molecule has 1 heterocycles.